The number of thioether (sulfide) groups is 1. The molecule has 0 aromatic heterocycles. The summed E-state index contributed by atoms with van der Waals surface area (Å²) in [5.41, 5.74) is 1.55. The van der Waals surface area contributed by atoms with Crippen LogP contribution in [0.3, 0.4) is 0 Å². The highest BCUT2D eigenvalue weighted by Gasteiger charge is 2.31. The minimum Gasteiger partial charge on any atom is -0.497 e. The second kappa shape index (κ2) is 6.58. The smallest absolute Gasteiger partial charge is 0.241 e. The van der Waals surface area contributed by atoms with Crippen LogP contribution in [0.15, 0.2) is 52.3 Å². The Hall–Kier alpha value is -1.83. The van der Waals surface area contributed by atoms with Crippen LogP contribution in [-0.2, 0) is 10.0 Å². The maximum absolute atomic E-state index is 12.6. The minimum absolute atomic E-state index is 0.108. The SMILES string of the molecule is COc1ccc(S(=O)(=O)NC2CSc3ccc(C)cc3C2=O)cc1. The predicted octanol–water partition coefficient (Wildman–Crippen LogP) is 2.64. The molecule has 24 heavy (non-hydrogen) atoms. The molecule has 126 valence electrons. The van der Waals surface area contributed by atoms with E-state index in [-0.39, 0.29) is 10.7 Å². The van der Waals surface area contributed by atoms with Crippen molar-refractivity contribution in [1.82, 2.24) is 4.72 Å². The lowest BCUT2D eigenvalue weighted by molar-refractivity contribution is 0.0957. The number of ketones is 1. The fraction of sp³-hybridized carbons (Fsp3) is 0.235. The molecule has 1 aliphatic rings. The molecule has 0 aliphatic carbocycles. The summed E-state index contributed by atoms with van der Waals surface area (Å²) in [6, 6.07) is 11.0. The van der Waals surface area contributed by atoms with Crippen LogP contribution in [0.5, 0.6) is 5.75 Å². The number of fused-ring (bicyclic) bond motifs is 1. The Kier molecular flexibility index (Phi) is 4.67. The van der Waals surface area contributed by atoms with Crippen LogP contribution in [0.1, 0.15) is 15.9 Å². The second-order valence-electron chi connectivity index (χ2n) is 5.52. The van der Waals surface area contributed by atoms with Crippen molar-refractivity contribution in [1.29, 1.82) is 0 Å². The van der Waals surface area contributed by atoms with Crippen LogP contribution in [0.2, 0.25) is 0 Å². The van der Waals surface area contributed by atoms with Crippen molar-refractivity contribution >= 4 is 27.6 Å². The number of rotatable bonds is 4. The lowest BCUT2D eigenvalue weighted by atomic mass is 10.0. The Morgan fingerprint density at radius 2 is 1.88 bits per heavy atom. The van der Waals surface area contributed by atoms with E-state index in [1.54, 1.807) is 18.2 Å². The first-order valence-corrected chi connectivity index (χ1v) is 9.81. The molecular weight excluding hydrogens is 346 g/mol. The van der Waals surface area contributed by atoms with E-state index < -0.39 is 16.1 Å². The first-order valence-electron chi connectivity index (χ1n) is 7.35. The van der Waals surface area contributed by atoms with Gasteiger partial charge in [-0.15, -0.1) is 11.8 Å². The maximum Gasteiger partial charge on any atom is 0.241 e. The van der Waals surface area contributed by atoms with Crippen LogP contribution in [0, 0.1) is 6.92 Å². The van der Waals surface area contributed by atoms with Gasteiger partial charge in [0.2, 0.25) is 10.0 Å². The van der Waals surface area contributed by atoms with Crippen LogP contribution in [0.25, 0.3) is 0 Å². The number of nitrogens with one attached hydrogen (secondary N) is 1. The molecule has 1 atom stereocenters. The van der Waals surface area contributed by atoms with Crippen LogP contribution < -0.4 is 9.46 Å². The monoisotopic (exact) mass is 363 g/mol. The van der Waals surface area contributed by atoms with Gasteiger partial charge in [-0.1, -0.05) is 11.6 Å². The molecule has 2 aromatic carbocycles. The number of sulfonamides is 1. The molecule has 1 aliphatic heterocycles. The second-order valence-corrected chi connectivity index (χ2v) is 8.30. The number of benzene rings is 2. The van der Waals surface area contributed by atoms with Gasteiger partial charge in [-0.3, -0.25) is 4.79 Å². The average Bonchev–Trinajstić information content (AvgIpc) is 2.58. The summed E-state index contributed by atoms with van der Waals surface area (Å²) >= 11 is 1.48. The van der Waals surface area contributed by atoms with Crippen LogP contribution in [0.4, 0.5) is 0 Å². The number of carbonyl (C=O) groups is 1. The van der Waals surface area contributed by atoms with Crippen molar-refractivity contribution in [2.75, 3.05) is 12.9 Å². The van der Waals surface area contributed by atoms with Crippen molar-refractivity contribution in [3.63, 3.8) is 0 Å². The van der Waals surface area contributed by atoms with Crippen LogP contribution in [-0.4, -0.2) is 33.1 Å². The van der Waals surface area contributed by atoms with Gasteiger partial charge in [0, 0.05) is 16.2 Å². The van der Waals surface area contributed by atoms with E-state index in [0.717, 1.165) is 10.5 Å². The molecule has 1 heterocycles. The molecule has 3 rings (SSSR count). The average molecular weight is 363 g/mol. The molecule has 0 saturated carbocycles. The summed E-state index contributed by atoms with van der Waals surface area (Å²) < 4.78 is 32.6. The fourth-order valence-corrected chi connectivity index (χ4v) is 4.86. The molecule has 2 aromatic rings. The molecule has 0 bridgehead atoms. The Balaban J connectivity index is 1.84. The Bertz CT molecular complexity index is 876. The maximum atomic E-state index is 12.6. The molecule has 0 fully saturated rings. The van der Waals surface area contributed by atoms with E-state index in [2.05, 4.69) is 4.72 Å². The first-order chi connectivity index (χ1) is 11.4. The van der Waals surface area contributed by atoms with E-state index >= 15 is 0 Å². The molecule has 7 heteroatoms. The standard InChI is InChI=1S/C17H17NO4S2/c1-11-3-8-16-14(9-11)17(19)15(10-23-16)18-24(20,21)13-6-4-12(22-2)5-7-13/h3-9,15,18H,10H2,1-2H3. The number of ether oxygens (including phenoxy) is 1. The molecule has 1 N–H and O–H groups in total. The highest BCUT2D eigenvalue weighted by molar-refractivity contribution is 7.99. The van der Waals surface area contributed by atoms with E-state index in [9.17, 15) is 13.2 Å². The van der Waals surface area contributed by atoms with Gasteiger partial charge in [-0.25, -0.2) is 8.42 Å². The number of hydrogen-bond donors (Lipinski definition) is 1. The Labute approximate surface area is 145 Å². The van der Waals surface area contributed by atoms with Crippen molar-refractivity contribution in [3.8, 4) is 5.75 Å². The number of methoxy groups -OCH3 is 1. The molecule has 5 nitrogen and oxygen atoms in total. The van der Waals surface area contributed by atoms with E-state index in [1.807, 2.05) is 19.1 Å². The fourth-order valence-electron chi connectivity index (χ4n) is 2.50. The summed E-state index contributed by atoms with van der Waals surface area (Å²) in [6.45, 7) is 1.91. The van der Waals surface area contributed by atoms with Crippen molar-refractivity contribution in [3.05, 3.63) is 53.6 Å². The molecular formula is C17H17NO4S2. The normalized spacial score (nSPS) is 17.4. The van der Waals surface area contributed by atoms with E-state index in [1.165, 1.54) is 31.0 Å². The van der Waals surface area contributed by atoms with Gasteiger partial charge in [0.1, 0.15) is 5.75 Å². The zero-order chi connectivity index (χ0) is 17.3. The van der Waals surface area contributed by atoms with E-state index in [0.29, 0.717) is 17.1 Å². The summed E-state index contributed by atoms with van der Waals surface area (Å²) in [7, 11) is -2.26. The zero-order valence-corrected chi connectivity index (χ0v) is 14.9. The Morgan fingerprint density at radius 1 is 1.17 bits per heavy atom. The molecule has 0 spiro atoms. The summed E-state index contributed by atoms with van der Waals surface area (Å²) in [5, 5.41) is 0. The summed E-state index contributed by atoms with van der Waals surface area (Å²) in [6.07, 6.45) is 0. The molecule has 0 amide bonds. The zero-order valence-electron chi connectivity index (χ0n) is 13.3. The number of carbonyl (C=O) groups excluding carboxylic acids is 1. The summed E-state index contributed by atoms with van der Waals surface area (Å²) in [5.74, 6) is 0.761. The lowest BCUT2D eigenvalue weighted by Crippen LogP contribution is -2.44. The van der Waals surface area contributed by atoms with Gasteiger partial charge in [0.05, 0.1) is 18.0 Å². The third-order valence-corrected chi connectivity index (χ3v) is 6.44. The summed E-state index contributed by atoms with van der Waals surface area (Å²) in [4.78, 5) is 13.6. The number of aryl methyl sites for hydroxylation is 1. The number of Topliss-reactive ketones (excluding diaryl/α,β-unsaturated/α-hetero) is 1. The Morgan fingerprint density at radius 3 is 2.54 bits per heavy atom. The molecule has 0 radical (unpaired) electrons. The first kappa shape index (κ1) is 17.0. The van der Waals surface area contributed by atoms with Gasteiger partial charge in [0.15, 0.2) is 5.78 Å². The van der Waals surface area contributed by atoms with Gasteiger partial charge in [-0.2, -0.15) is 4.72 Å². The molecule has 1 unspecified atom stereocenters. The van der Waals surface area contributed by atoms with Gasteiger partial charge in [0.25, 0.3) is 0 Å². The lowest BCUT2D eigenvalue weighted by Gasteiger charge is -2.24. The predicted molar refractivity (Wildman–Crippen MR) is 93.3 cm³/mol. The third kappa shape index (κ3) is 3.33. The van der Waals surface area contributed by atoms with Crippen molar-refractivity contribution in [2.45, 2.75) is 22.8 Å². The topological polar surface area (TPSA) is 72.5 Å². The highest BCUT2D eigenvalue weighted by Crippen LogP contribution is 2.31. The van der Waals surface area contributed by atoms with Crippen molar-refractivity contribution < 1.29 is 17.9 Å². The van der Waals surface area contributed by atoms with Gasteiger partial charge >= 0.3 is 0 Å². The van der Waals surface area contributed by atoms with Gasteiger partial charge < -0.3 is 4.74 Å². The van der Waals surface area contributed by atoms with Gasteiger partial charge in [-0.05, 0) is 43.3 Å². The number of hydrogen-bond acceptors (Lipinski definition) is 5. The molecule has 0 saturated heterocycles. The minimum atomic E-state index is -3.77. The third-order valence-electron chi connectivity index (χ3n) is 3.79. The highest BCUT2D eigenvalue weighted by atomic mass is 32.2. The van der Waals surface area contributed by atoms with Crippen LogP contribution >= 0.6 is 11.8 Å². The largest absolute Gasteiger partial charge is 0.497 e. The quantitative estimate of drug-likeness (QED) is 0.904. The van der Waals surface area contributed by atoms with Crippen molar-refractivity contribution in [2.24, 2.45) is 0 Å². The van der Waals surface area contributed by atoms with E-state index in [4.69, 9.17) is 4.74 Å².